The molecule has 1 aromatic rings. The van der Waals surface area contributed by atoms with E-state index in [1.807, 2.05) is 24.3 Å². The molecule has 1 atom stereocenters. The quantitative estimate of drug-likeness (QED) is 0.761. The predicted molar refractivity (Wildman–Crippen MR) is 75.7 cm³/mol. The molecule has 1 rings (SSSR count). The Balaban J connectivity index is 2.22. The van der Waals surface area contributed by atoms with Crippen molar-refractivity contribution in [2.24, 2.45) is 5.92 Å². The molecule has 20 heavy (non-hydrogen) atoms. The first-order valence-electron chi connectivity index (χ1n) is 6.65. The number of carbonyl (C=O) groups excluding carboxylic acids is 1. The largest absolute Gasteiger partial charge is 0.497 e. The molecule has 1 aromatic carbocycles. The third-order valence-corrected chi connectivity index (χ3v) is 3.06. The molecule has 110 valence electrons. The number of aliphatic carboxylic acids is 1. The van der Waals surface area contributed by atoms with E-state index in [1.54, 1.807) is 14.0 Å². The number of aryl methyl sites for hydroxylation is 1. The van der Waals surface area contributed by atoms with Gasteiger partial charge in [0.15, 0.2) is 0 Å². The molecule has 0 fully saturated rings. The molecule has 1 amide bonds. The zero-order chi connectivity index (χ0) is 15.0. The van der Waals surface area contributed by atoms with Crippen LogP contribution in [0.5, 0.6) is 5.75 Å². The van der Waals surface area contributed by atoms with Crippen LogP contribution in [0, 0.1) is 5.92 Å². The predicted octanol–water partition coefficient (Wildman–Crippen LogP) is 1.85. The van der Waals surface area contributed by atoms with Gasteiger partial charge in [-0.05, 0) is 30.5 Å². The number of ether oxygens (including phenoxy) is 1. The van der Waals surface area contributed by atoms with Crippen LogP contribution >= 0.6 is 0 Å². The van der Waals surface area contributed by atoms with Crippen LogP contribution in [0.25, 0.3) is 0 Å². The van der Waals surface area contributed by atoms with Gasteiger partial charge in [-0.3, -0.25) is 9.59 Å². The second-order valence-corrected chi connectivity index (χ2v) is 4.74. The molecule has 2 N–H and O–H groups in total. The Bertz CT molecular complexity index is 442. The number of rotatable bonds is 8. The first-order chi connectivity index (χ1) is 9.52. The molecular formula is C15H21NO4. The first kappa shape index (κ1) is 16.0. The van der Waals surface area contributed by atoms with Crippen LogP contribution in [0.2, 0.25) is 0 Å². The monoisotopic (exact) mass is 279 g/mol. The maximum atomic E-state index is 11.5. The molecule has 0 bridgehead atoms. The number of carboxylic acids is 1. The maximum absolute atomic E-state index is 11.5. The first-order valence-corrected chi connectivity index (χ1v) is 6.65. The van der Waals surface area contributed by atoms with Gasteiger partial charge in [0.25, 0.3) is 0 Å². The summed E-state index contributed by atoms with van der Waals surface area (Å²) in [5.41, 5.74) is 1.15. The summed E-state index contributed by atoms with van der Waals surface area (Å²) in [6.45, 7) is 1.75. The second-order valence-electron chi connectivity index (χ2n) is 4.74. The molecule has 0 spiro atoms. The van der Waals surface area contributed by atoms with E-state index in [9.17, 15) is 9.59 Å². The summed E-state index contributed by atoms with van der Waals surface area (Å²) in [4.78, 5) is 22.1. The van der Waals surface area contributed by atoms with Gasteiger partial charge < -0.3 is 15.2 Å². The van der Waals surface area contributed by atoms with Crippen LogP contribution in [-0.4, -0.2) is 30.6 Å². The Morgan fingerprint density at radius 1 is 1.30 bits per heavy atom. The Kier molecular flexibility index (Phi) is 6.56. The summed E-state index contributed by atoms with van der Waals surface area (Å²) in [7, 11) is 1.62. The smallest absolute Gasteiger partial charge is 0.308 e. The molecule has 0 saturated heterocycles. The molecule has 5 nitrogen and oxygen atoms in total. The highest BCUT2D eigenvalue weighted by atomic mass is 16.5. The highest BCUT2D eigenvalue weighted by molar-refractivity contribution is 5.77. The van der Waals surface area contributed by atoms with Gasteiger partial charge in [-0.1, -0.05) is 19.1 Å². The lowest BCUT2D eigenvalue weighted by Crippen LogP contribution is -2.31. The van der Waals surface area contributed by atoms with Gasteiger partial charge in [-0.2, -0.15) is 0 Å². The second kappa shape index (κ2) is 8.19. The van der Waals surface area contributed by atoms with Gasteiger partial charge in [0.2, 0.25) is 5.91 Å². The van der Waals surface area contributed by atoms with Crippen molar-refractivity contribution in [1.82, 2.24) is 5.32 Å². The zero-order valence-corrected chi connectivity index (χ0v) is 11.9. The molecule has 0 aromatic heterocycles. The van der Waals surface area contributed by atoms with Gasteiger partial charge in [0.05, 0.1) is 13.0 Å². The SMILES string of the molecule is COc1ccc(CCCC(=O)NCC(C)C(=O)O)cc1. The zero-order valence-electron chi connectivity index (χ0n) is 11.9. The fourth-order valence-corrected chi connectivity index (χ4v) is 1.69. The standard InChI is InChI=1S/C15H21NO4/c1-11(15(18)19)10-16-14(17)5-3-4-12-6-8-13(20-2)9-7-12/h6-9,11H,3-5,10H2,1-2H3,(H,16,17)(H,18,19). The Hall–Kier alpha value is -2.04. The van der Waals surface area contributed by atoms with E-state index >= 15 is 0 Å². The molecule has 0 aliphatic heterocycles. The van der Waals surface area contributed by atoms with Crippen molar-refractivity contribution in [3.63, 3.8) is 0 Å². The molecule has 0 radical (unpaired) electrons. The molecule has 1 unspecified atom stereocenters. The lowest BCUT2D eigenvalue weighted by atomic mass is 10.1. The Labute approximate surface area is 118 Å². The minimum absolute atomic E-state index is 0.105. The summed E-state index contributed by atoms with van der Waals surface area (Å²) >= 11 is 0. The number of amides is 1. The number of hydrogen-bond acceptors (Lipinski definition) is 3. The van der Waals surface area contributed by atoms with E-state index in [2.05, 4.69) is 5.32 Å². The van der Waals surface area contributed by atoms with E-state index in [4.69, 9.17) is 9.84 Å². The lowest BCUT2D eigenvalue weighted by Gasteiger charge is -2.08. The third kappa shape index (κ3) is 5.73. The van der Waals surface area contributed by atoms with Gasteiger partial charge in [-0.25, -0.2) is 0 Å². The van der Waals surface area contributed by atoms with Crippen molar-refractivity contribution in [3.8, 4) is 5.75 Å². The topological polar surface area (TPSA) is 75.6 Å². The van der Waals surface area contributed by atoms with E-state index < -0.39 is 11.9 Å². The molecule has 0 saturated carbocycles. The Morgan fingerprint density at radius 3 is 2.50 bits per heavy atom. The normalized spacial score (nSPS) is 11.7. The molecule has 0 heterocycles. The van der Waals surface area contributed by atoms with E-state index in [1.165, 1.54) is 0 Å². The maximum Gasteiger partial charge on any atom is 0.308 e. The Morgan fingerprint density at radius 2 is 1.95 bits per heavy atom. The number of nitrogens with one attached hydrogen (secondary N) is 1. The van der Waals surface area contributed by atoms with Crippen molar-refractivity contribution in [2.75, 3.05) is 13.7 Å². The summed E-state index contributed by atoms with van der Waals surface area (Å²) in [5, 5.41) is 11.3. The van der Waals surface area contributed by atoms with Crippen LogP contribution in [0.4, 0.5) is 0 Å². The van der Waals surface area contributed by atoms with E-state index in [0.29, 0.717) is 6.42 Å². The fraction of sp³-hybridized carbons (Fsp3) is 0.467. The van der Waals surface area contributed by atoms with E-state index in [-0.39, 0.29) is 12.5 Å². The van der Waals surface area contributed by atoms with Gasteiger partial charge in [-0.15, -0.1) is 0 Å². The van der Waals surface area contributed by atoms with Crippen molar-refractivity contribution in [2.45, 2.75) is 26.2 Å². The average Bonchev–Trinajstić information content (AvgIpc) is 2.45. The summed E-state index contributed by atoms with van der Waals surface area (Å²) in [5.74, 6) is -0.746. The van der Waals surface area contributed by atoms with Crippen LogP contribution < -0.4 is 10.1 Å². The minimum Gasteiger partial charge on any atom is -0.497 e. The summed E-state index contributed by atoms with van der Waals surface area (Å²) in [6, 6.07) is 7.74. The molecule has 0 aliphatic carbocycles. The number of methoxy groups -OCH3 is 1. The molecule has 5 heteroatoms. The van der Waals surface area contributed by atoms with Gasteiger partial charge in [0, 0.05) is 13.0 Å². The third-order valence-electron chi connectivity index (χ3n) is 3.06. The van der Waals surface area contributed by atoms with Crippen LogP contribution in [0.3, 0.4) is 0 Å². The van der Waals surface area contributed by atoms with Gasteiger partial charge >= 0.3 is 5.97 Å². The minimum atomic E-state index is -0.900. The van der Waals surface area contributed by atoms with Crippen molar-refractivity contribution in [3.05, 3.63) is 29.8 Å². The molecular weight excluding hydrogens is 258 g/mol. The number of benzene rings is 1. The fourth-order valence-electron chi connectivity index (χ4n) is 1.69. The number of hydrogen-bond donors (Lipinski definition) is 2. The van der Waals surface area contributed by atoms with Crippen LogP contribution in [0.15, 0.2) is 24.3 Å². The summed E-state index contributed by atoms with van der Waals surface area (Å²) < 4.78 is 5.07. The van der Waals surface area contributed by atoms with Crippen molar-refractivity contribution < 1.29 is 19.4 Å². The van der Waals surface area contributed by atoms with Crippen LogP contribution in [0.1, 0.15) is 25.3 Å². The highest BCUT2D eigenvalue weighted by Gasteiger charge is 2.11. The lowest BCUT2D eigenvalue weighted by molar-refractivity contribution is -0.141. The van der Waals surface area contributed by atoms with Crippen molar-refractivity contribution in [1.29, 1.82) is 0 Å². The summed E-state index contributed by atoms with van der Waals surface area (Å²) in [6.07, 6.45) is 1.95. The number of carboxylic acid groups (broad SMARTS) is 1. The number of carbonyl (C=O) groups is 2. The highest BCUT2D eigenvalue weighted by Crippen LogP contribution is 2.13. The van der Waals surface area contributed by atoms with Crippen LogP contribution in [-0.2, 0) is 16.0 Å². The van der Waals surface area contributed by atoms with Crippen molar-refractivity contribution >= 4 is 11.9 Å². The van der Waals surface area contributed by atoms with E-state index in [0.717, 1.165) is 24.2 Å². The average molecular weight is 279 g/mol. The van der Waals surface area contributed by atoms with Gasteiger partial charge in [0.1, 0.15) is 5.75 Å². The molecule has 0 aliphatic rings.